The summed E-state index contributed by atoms with van der Waals surface area (Å²) in [5.74, 6) is 0.150. The number of aromatic hydroxyl groups is 1. The summed E-state index contributed by atoms with van der Waals surface area (Å²) in [5.41, 5.74) is 1.23. The van der Waals surface area contributed by atoms with Gasteiger partial charge in [0.05, 0.1) is 10.7 Å². The van der Waals surface area contributed by atoms with E-state index in [-0.39, 0.29) is 17.6 Å². The molecular weight excluding hydrogens is 226 g/mol. The van der Waals surface area contributed by atoms with Crippen molar-refractivity contribution < 1.29 is 9.90 Å². The van der Waals surface area contributed by atoms with Gasteiger partial charge in [0.25, 0.3) is 0 Å². The number of hydrogen-bond donors (Lipinski definition) is 2. The number of carbonyl (C=O) groups excluding carboxylic acids is 1. The number of carbonyl (C=O) groups is 1. The standard InChI is InChI=1S/C12H16ClNO2/c1-4-7(2)11-10(16)6-5-9(12(11)13)14-8(3)15/h5-7,16H,4H2,1-3H3,(H,14,15). The van der Waals surface area contributed by atoms with E-state index in [9.17, 15) is 9.90 Å². The molecule has 0 aromatic heterocycles. The van der Waals surface area contributed by atoms with Gasteiger partial charge in [0, 0.05) is 12.5 Å². The lowest BCUT2D eigenvalue weighted by atomic mass is 9.97. The zero-order valence-electron chi connectivity index (χ0n) is 9.67. The van der Waals surface area contributed by atoms with Crippen LogP contribution in [-0.4, -0.2) is 11.0 Å². The van der Waals surface area contributed by atoms with Gasteiger partial charge in [0.15, 0.2) is 0 Å². The molecule has 1 rings (SSSR count). The first-order chi connectivity index (χ1) is 7.47. The van der Waals surface area contributed by atoms with Crippen LogP contribution in [-0.2, 0) is 4.79 Å². The molecule has 0 saturated heterocycles. The van der Waals surface area contributed by atoms with Crippen molar-refractivity contribution in [1.29, 1.82) is 0 Å². The maximum absolute atomic E-state index is 11.0. The molecule has 88 valence electrons. The van der Waals surface area contributed by atoms with Gasteiger partial charge >= 0.3 is 0 Å². The molecule has 0 aliphatic rings. The fourth-order valence-corrected chi connectivity index (χ4v) is 1.94. The van der Waals surface area contributed by atoms with Crippen molar-refractivity contribution in [2.24, 2.45) is 0 Å². The van der Waals surface area contributed by atoms with Crippen LogP contribution >= 0.6 is 11.6 Å². The highest BCUT2D eigenvalue weighted by Crippen LogP contribution is 2.38. The van der Waals surface area contributed by atoms with E-state index in [1.807, 2.05) is 13.8 Å². The van der Waals surface area contributed by atoms with Crippen molar-refractivity contribution in [3.8, 4) is 5.75 Å². The fourth-order valence-electron chi connectivity index (χ4n) is 1.54. The maximum Gasteiger partial charge on any atom is 0.221 e. The molecule has 0 heterocycles. The van der Waals surface area contributed by atoms with Gasteiger partial charge < -0.3 is 10.4 Å². The smallest absolute Gasteiger partial charge is 0.221 e. The van der Waals surface area contributed by atoms with Gasteiger partial charge in [0.1, 0.15) is 5.75 Å². The van der Waals surface area contributed by atoms with Crippen molar-refractivity contribution in [3.05, 3.63) is 22.7 Å². The van der Waals surface area contributed by atoms with E-state index < -0.39 is 0 Å². The normalized spacial score (nSPS) is 12.2. The Morgan fingerprint density at radius 1 is 1.56 bits per heavy atom. The van der Waals surface area contributed by atoms with Crippen molar-refractivity contribution in [2.75, 3.05) is 5.32 Å². The minimum Gasteiger partial charge on any atom is -0.508 e. The van der Waals surface area contributed by atoms with Crippen LogP contribution in [0.2, 0.25) is 5.02 Å². The number of halogens is 1. The minimum absolute atomic E-state index is 0.154. The molecule has 1 atom stereocenters. The highest BCUT2D eigenvalue weighted by Gasteiger charge is 2.16. The third kappa shape index (κ3) is 2.67. The lowest BCUT2D eigenvalue weighted by Gasteiger charge is -2.16. The molecule has 1 amide bonds. The molecule has 4 heteroatoms. The average molecular weight is 242 g/mol. The van der Waals surface area contributed by atoms with Gasteiger partial charge in [-0.05, 0) is 24.5 Å². The number of phenols is 1. The first-order valence-electron chi connectivity index (χ1n) is 5.26. The molecule has 0 radical (unpaired) electrons. The van der Waals surface area contributed by atoms with Crippen LogP contribution in [0.3, 0.4) is 0 Å². The van der Waals surface area contributed by atoms with Crippen LogP contribution in [0.1, 0.15) is 38.7 Å². The van der Waals surface area contributed by atoms with E-state index >= 15 is 0 Å². The number of amides is 1. The number of anilines is 1. The summed E-state index contributed by atoms with van der Waals surface area (Å²) in [6.45, 7) is 5.43. The summed E-state index contributed by atoms with van der Waals surface area (Å²) in [4.78, 5) is 11.0. The van der Waals surface area contributed by atoms with Crippen LogP contribution in [0, 0.1) is 0 Å². The van der Waals surface area contributed by atoms with Gasteiger partial charge in [-0.15, -0.1) is 0 Å². The Balaban J connectivity index is 3.21. The molecule has 1 aromatic carbocycles. The highest BCUT2D eigenvalue weighted by atomic mass is 35.5. The van der Waals surface area contributed by atoms with E-state index in [1.54, 1.807) is 12.1 Å². The summed E-state index contributed by atoms with van der Waals surface area (Å²) >= 11 is 6.16. The quantitative estimate of drug-likeness (QED) is 0.796. The van der Waals surface area contributed by atoms with E-state index in [4.69, 9.17) is 11.6 Å². The molecule has 1 aromatic rings. The molecular formula is C12H16ClNO2. The fraction of sp³-hybridized carbons (Fsp3) is 0.417. The van der Waals surface area contributed by atoms with Crippen LogP contribution in [0.15, 0.2) is 12.1 Å². The third-order valence-corrected chi connectivity index (χ3v) is 2.98. The predicted molar refractivity (Wildman–Crippen MR) is 66.1 cm³/mol. The zero-order chi connectivity index (χ0) is 12.3. The molecule has 0 aliphatic heterocycles. The van der Waals surface area contributed by atoms with Crippen LogP contribution in [0.5, 0.6) is 5.75 Å². The van der Waals surface area contributed by atoms with Crippen molar-refractivity contribution in [3.63, 3.8) is 0 Å². The molecule has 2 N–H and O–H groups in total. The van der Waals surface area contributed by atoms with E-state index in [1.165, 1.54) is 6.92 Å². The van der Waals surface area contributed by atoms with Gasteiger partial charge in [-0.1, -0.05) is 25.4 Å². The zero-order valence-corrected chi connectivity index (χ0v) is 10.4. The van der Waals surface area contributed by atoms with Crippen molar-refractivity contribution in [1.82, 2.24) is 0 Å². The SMILES string of the molecule is CCC(C)c1c(O)ccc(NC(C)=O)c1Cl. The van der Waals surface area contributed by atoms with E-state index in [0.29, 0.717) is 16.3 Å². The predicted octanol–water partition coefficient (Wildman–Crippen LogP) is 3.52. The molecule has 1 unspecified atom stereocenters. The molecule has 0 saturated carbocycles. The first kappa shape index (κ1) is 12.8. The monoisotopic (exact) mass is 241 g/mol. The Hall–Kier alpha value is -1.22. The van der Waals surface area contributed by atoms with Gasteiger partial charge in [0.2, 0.25) is 5.91 Å². The second-order valence-corrected chi connectivity index (χ2v) is 4.23. The lowest BCUT2D eigenvalue weighted by molar-refractivity contribution is -0.114. The molecule has 0 bridgehead atoms. The van der Waals surface area contributed by atoms with Gasteiger partial charge in [-0.3, -0.25) is 4.79 Å². The number of rotatable bonds is 3. The van der Waals surface area contributed by atoms with Crippen LogP contribution in [0.25, 0.3) is 0 Å². The maximum atomic E-state index is 11.0. The Kier molecular flexibility index (Phi) is 4.19. The summed E-state index contributed by atoms with van der Waals surface area (Å²) in [7, 11) is 0. The van der Waals surface area contributed by atoms with Crippen LogP contribution < -0.4 is 5.32 Å². The molecule has 0 aliphatic carbocycles. The minimum atomic E-state index is -0.178. The summed E-state index contributed by atoms with van der Waals surface area (Å²) in [6, 6.07) is 3.16. The second-order valence-electron chi connectivity index (χ2n) is 3.85. The summed E-state index contributed by atoms with van der Waals surface area (Å²) in [6.07, 6.45) is 0.872. The summed E-state index contributed by atoms with van der Waals surface area (Å²) in [5, 5.41) is 12.8. The first-order valence-corrected chi connectivity index (χ1v) is 5.64. The van der Waals surface area contributed by atoms with Crippen molar-refractivity contribution in [2.45, 2.75) is 33.1 Å². The molecule has 0 spiro atoms. The average Bonchev–Trinajstić information content (AvgIpc) is 2.21. The highest BCUT2D eigenvalue weighted by molar-refractivity contribution is 6.34. The molecule has 16 heavy (non-hydrogen) atoms. The number of benzene rings is 1. The largest absolute Gasteiger partial charge is 0.508 e. The lowest BCUT2D eigenvalue weighted by Crippen LogP contribution is -2.07. The van der Waals surface area contributed by atoms with Crippen LogP contribution in [0.4, 0.5) is 5.69 Å². The Morgan fingerprint density at radius 3 is 2.69 bits per heavy atom. The molecule has 0 fully saturated rings. The topological polar surface area (TPSA) is 49.3 Å². The van der Waals surface area contributed by atoms with Gasteiger partial charge in [-0.25, -0.2) is 0 Å². The third-order valence-electron chi connectivity index (χ3n) is 2.57. The second kappa shape index (κ2) is 5.21. The summed E-state index contributed by atoms with van der Waals surface area (Å²) < 4.78 is 0. The van der Waals surface area contributed by atoms with Crippen molar-refractivity contribution >= 4 is 23.2 Å². The Bertz CT molecular complexity index is 404. The Morgan fingerprint density at radius 2 is 2.19 bits per heavy atom. The van der Waals surface area contributed by atoms with E-state index in [2.05, 4.69) is 5.32 Å². The van der Waals surface area contributed by atoms with E-state index in [0.717, 1.165) is 6.42 Å². The van der Waals surface area contributed by atoms with Gasteiger partial charge in [-0.2, -0.15) is 0 Å². The Labute approximate surface area is 100 Å². The number of nitrogens with one attached hydrogen (secondary N) is 1. The number of hydrogen-bond acceptors (Lipinski definition) is 2. The number of phenolic OH excluding ortho intramolecular Hbond substituents is 1. The molecule has 3 nitrogen and oxygen atoms in total.